The molecule has 0 amide bonds. The van der Waals surface area contributed by atoms with Crippen LogP contribution in [0.2, 0.25) is 0 Å². The van der Waals surface area contributed by atoms with Crippen molar-refractivity contribution in [2.24, 2.45) is 0 Å². The zero-order valence-electron chi connectivity index (χ0n) is 12.3. The molecule has 1 aromatic heterocycles. The fraction of sp³-hybridized carbons (Fsp3) is 0.467. The van der Waals surface area contributed by atoms with Gasteiger partial charge in [0.25, 0.3) is 0 Å². The SMILES string of the molecule is CCNC(Cc1ccc(F)c(F)c1)Cc1ncnn1CC. The highest BCUT2D eigenvalue weighted by Crippen LogP contribution is 2.12. The van der Waals surface area contributed by atoms with Crippen molar-refractivity contribution >= 4 is 0 Å². The Kier molecular flexibility index (Phi) is 5.38. The molecule has 0 spiro atoms. The van der Waals surface area contributed by atoms with E-state index in [0.717, 1.165) is 24.5 Å². The lowest BCUT2D eigenvalue weighted by atomic mass is 10.0. The molecular formula is C15H20F2N4. The van der Waals surface area contributed by atoms with E-state index in [-0.39, 0.29) is 6.04 Å². The monoisotopic (exact) mass is 294 g/mol. The van der Waals surface area contributed by atoms with Gasteiger partial charge >= 0.3 is 0 Å². The van der Waals surface area contributed by atoms with Crippen LogP contribution in [-0.4, -0.2) is 27.4 Å². The minimum absolute atomic E-state index is 0.106. The third kappa shape index (κ3) is 4.07. The standard InChI is InChI=1S/C15H20F2N4/c1-3-18-12(9-15-19-10-20-21(15)4-2)7-11-5-6-13(16)14(17)8-11/h5-6,8,10,12,18H,3-4,7,9H2,1-2H3. The summed E-state index contributed by atoms with van der Waals surface area (Å²) in [6.07, 6.45) is 2.85. The summed E-state index contributed by atoms with van der Waals surface area (Å²) in [5.74, 6) is -0.727. The molecule has 0 saturated carbocycles. The Balaban J connectivity index is 2.09. The number of hydrogen-bond acceptors (Lipinski definition) is 3. The lowest BCUT2D eigenvalue weighted by Gasteiger charge is -2.18. The van der Waals surface area contributed by atoms with Gasteiger partial charge in [0.1, 0.15) is 12.2 Å². The summed E-state index contributed by atoms with van der Waals surface area (Å²) in [6.45, 7) is 5.59. The zero-order chi connectivity index (χ0) is 15.2. The molecule has 2 rings (SSSR count). The first-order valence-electron chi connectivity index (χ1n) is 7.18. The van der Waals surface area contributed by atoms with Gasteiger partial charge in [0.05, 0.1) is 0 Å². The van der Waals surface area contributed by atoms with Crippen molar-refractivity contribution in [3.8, 4) is 0 Å². The predicted molar refractivity (Wildman–Crippen MR) is 76.9 cm³/mol. The van der Waals surface area contributed by atoms with Gasteiger partial charge in [-0.05, 0) is 37.6 Å². The Hall–Kier alpha value is -1.82. The van der Waals surface area contributed by atoms with Crippen LogP contribution in [0.5, 0.6) is 0 Å². The van der Waals surface area contributed by atoms with E-state index in [1.54, 1.807) is 12.4 Å². The van der Waals surface area contributed by atoms with Crippen LogP contribution in [0.4, 0.5) is 8.78 Å². The van der Waals surface area contributed by atoms with Gasteiger partial charge in [-0.3, -0.25) is 4.68 Å². The molecule has 114 valence electrons. The van der Waals surface area contributed by atoms with Crippen LogP contribution >= 0.6 is 0 Å². The lowest BCUT2D eigenvalue weighted by molar-refractivity contribution is 0.483. The molecule has 0 aliphatic heterocycles. The highest BCUT2D eigenvalue weighted by atomic mass is 19.2. The zero-order valence-corrected chi connectivity index (χ0v) is 12.3. The molecule has 0 radical (unpaired) electrons. The number of nitrogens with one attached hydrogen (secondary N) is 1. The highest BCUT2D eigenvalue weighted by molar-refractivity contribution is 5.19. The maximum Gasteiger partial charge on any atom is 0.159 e. The van der Waals surface area contributed by atoms with Crippen molar-refractivity contribution < 1.29 is 8.78 Å². The number of aryl methyl sites for hydroxylation is 1. The normalized spacial score (nSPS) is 12.6. The third-order valence-corrected chi connectivity index (χ3v) is 3.38. The lowest BCUT2D eigenvalue weighted by Crippen LogP contribution is -2.34. The topological polar surface area (TPSA) is 42.7 Å². The van der Waals surface area contributed by atoms with Gasteiger partial charge in [0, 0.05) is 19.0 Å². The fourth-order valence-electron chi connectivity index (χ4n) is 2.39. The maximum absolute atomic E-state index is 13.3. The smallest absolute Gasteiger partial charge is 0.159 e. The average molecular weight is 294 g/mol. The van der Waals surface area contributed by atoms with Crippen molar-refractivity contribution in [2.75, 3.05) is 6.54 Å². The van der Waals surface area contributed by atoms with Crippen molar-refractivity contribution in [3.05, 3.63) is 47.5 Å². The van der Waals surface area contributed by atoms with Gasteiger partial charge in [-0.25, -0.2) is 13.8 Å². The molecule has 0 saturated heterocycles. The van der Waals surface area contributed by atoms with Gasteiger partial charge in [-0.2, -0.15) is 5.10 Å². The van der Waals surface area contributed by atoms with Crippen molar-refractivity contribution in [3.63, 3.8) is 0 Å². The average Bonchev–Trinajstić information content (AvgIpc) is 2.90. The molecular weight excluding hydrogens is 274 g/mol. The van der Waals surface area contributed by atoms with Crippen LogP contribution < -0.4 is 5.32 Å². The Bertz CT molecular complexity index is 583. The van der Waals surface area contributed by atoms with Gasteiger partial charge in [0.2, 0.25) is 0 Å². The number of hydrogen-bond donors (Lipinski definition) is 1. The van der Waals surface area contributed by atoms with Gasteiger partial charge in [0.15, 0.2) is 11.6 Å². The summed E-state index contributed by atoms with van der Waals surface area (Å²) in [5.41, 5.74) is 0.766. The summed E-state index contributed by atoms with van der Waals surface area (Å²) in [7, 11) is 0. The summed E-state index contributed by atoms with van der Waals surface area (Å²) >= 11 is 0. The van der Waals surface area contributed by atoms with E-state index in [4.69, 9.17) is 0 Å². The van der Waals surface area contributed by atoms with E-state index >= 15 is 0 Å². The molecule has 1 unspecified atom stereocenters. The largest absolute Gasteiger partial charge is 0.313 e. The van der Waals surface area contributed by atoms with E-state index in [2.05, 4.69) is 15.4 Å². The van der Waals surface area contributed by atoms with Gasteiger partial charge in [-0.1, -0.05) is 13.0 Å². The molecule has 0 bridgehead atoms. The predicted octanol–water partition coefficient (Wildman–Crippen LogP) is 2.34. The molecule has 1 atom stereocenters. The van der Waals surface area contributed by atoms with Crippen molar-refractivity contribution in [2.45, 2.75) is 39.3 Å². The second kappa shape index (κ2) is 7.26. The molecule has 4 nitrogen and oxygen atoms in total. The van der Waals surface area contributed by atoms with Crippen LogP contribution in [-0.2, 0) is 19.4 Å². The molecule has 0 aliphatic rings. The van der Waals surface area contributed by atoms with Gasteiger partial charge < -0.3 is 5.32 Å². The summed E-state index contributed by atoms with van der Waals surface area (Å²) < 4.78 is 28.1. The molecule has 1 N–H and O–H groups in total. The highest BCUT2D eigenvalue weighted by Gasteiger charge is 2.14. The van der Waals surface area contributed by atoms with E-state index in [1.807, 2.05) is 18.5 Å². The molecule has 1 aromatic carbocycles. The maximum atomic E-state index is 13.3. The first-order valence-corrected chi connectivity index (χ1v) is 7.18. The molecule has 2 aromatic rings. The number of halogens is 2. The summed E-state index contributed by atoms with van der Waals surface area (Å²) in [4.78, 5) is 4.26. The number of rotatable bonds is 7. The third-order valence-electron chi connectivity index (χ3n) is 3.38. The van der Waals surface area contributed by atoms with Crippen LogP contribution in [0, 0.1) is 11.6 Å². The van der Waals surface area contributed by atoms with Crippen LogP contribution in [0.1, 0.15) is 25.2 Å². The van der Waals surface area contributed by atoms with E-state index in [9.17, 15) is 8.78 Å². The number of benzene rings is 1. The van der Waals surface area contributed by atoms with Crippen LogP contribution in [0.15, 0.2) is 24.5 Å². The summed E-state index contributed by atoms with van der Waals surface area (Å²) in [5, 5.41) is 7.51. The Morgan fingerprint density at radius 3 is 2.67 bits per heavy atom. The second-order valence-corrected chi connectivity index (χ2v) is 4.90. The molecule has 0 aliphatic carbocycles. The Labute approximate surface area is 123 Å². The minimum atomic E-state index is -0.815. The van der Waals surface area contributed by atoms with Crippen LogP contribution in [0.25, 0.3) is 0 Å². The number of likely N-dealkylation sites (N-methyl/N-ethyl adjacent to an activating group) is 1. The first-order chi connectivity index (χ1) is 10.1. The quantitative estimate of drug-likeness (QED) is 0.852. The van der Waals surface area contributed by atoms with Crippen molar-refractivity contribution in [1.82, 2.24) is 20.1 Å². The first kappa shape index (κ1) is 15.6. The number of nitrogens with zero attached hydrogens (tertiary/aromatic N) is 3. The fourth-order valence-corrected chi connectivity index (χ4v) is 2.39. The van der Waals surface area contributed by atoms with E-state index < -0.39 is 11.6 Å². The van der Waals surface area contributed by atoms with Gasteiger partial charge in [-0.15, -0.1) is 0 Å². The molecule has 0 fully saturated rings. The molecule has 6 heteroatoms. The molecule has 21 heavy (non-hydrogen) atoms. The minimum Gasteiger partial charge on any atom is -0.313 e. The Morgan fingerprint density at radius 1 is 1.19 bits per heavy atom. The summed E-state index contributed by atoms with van der Waals surface area (Å²) in [6, 6.07) is 4.15. The van der Waals surface area contributed by atoms with E-state index in [0.29, 0.717) is 12.8 Å². The second-order valence-electron chi connectivity index (χ2n) is 4.90. The number of aromatic nitrogens is 3. The molecule has 1 heterocycles. The van der Waals surface area contributed by atoms with Crippen LogP contribution in [0.3, 0.4) is 0 Å². The van der Waals surface area contributed by atoms with Crippen molar-refractivity contribution in [1.29, 1.82) is 0 Å². The van der Waals surface area contributed by atoms with E-state index in [1.165, 1.54) is 12.1 Å². The Morgan fingerprint density at radius 2 is 2.00 bits per heavy atom.